The number of nitrogens with one attached hydrogen (secondary N) is 1. The third kappa shape index (κ3) is 3.20. The van der Waals surface area contributed by atoms with Crippen LogP contribution >= 0.6 is 0 Å². The zero-order valence-corrected chi connectivity index (χ0v) is 15.7. The summed E-state index contributed by atoms with van der Waals surface area (Å²) in [4.78, 5) is 0. The maximum atomic E-state index is 11.5. The maximum absolute atomic E-state index is 11.5. The van der Waals surface area contributed by atoms with E-state index >= 15 is 0 Å². The van der Waals surface area contributed by atoms with E-state index in [-0.39, 0.29) is 12.1 Å². The lowest BCUT2D eigenvalue weighted by atomic mass is 9.75. The van der Waals surface area contributed by atoms with Crippen molar-refractivity contribution < 1.29 is 9.84 Å². The lowest BCUT2D eigenvalue weighted by Crippen LogP contribution is -2.50. The number of rotatable bonds is 3. The molecule has 1 fully saturated rings. The largest absolute Gasteiger partial charge is 0.385 e. The summed E-state index contributed by atoms with van der Waals surface area (Å²) in [6, 6.07) is 17.1. The Hall–Kier alpha value is -1.68. The number of ether oxygens (including phenoxy) is 1. The summed E-state index contributed by atoms with van der Waals surface area (Å²) in [6.07, 6.45) is 2.56. The Labute approximate surface area is 156 Å². The molecule has 0 aromatic heterocycles. The van der Waals surface area contributed by atoms with Gasteiger partial charge in [-0.25, -0.2) is 0 Å². The molecule has 0 aliphatic carbocycles. The second kappa shape index (κ2) is 7.15. The third-order valence-corrected chi connectivity index (χ3v) is 6.29. The molecule has 4 rings (SSSR count). The quantitative estimate of drug-likeness (QED) is 0.882. The summed E-state index contributed by atoms with van der Waals surface area (Å²) >= 11 is 0. The lowest BCUT2D eigenvalue weighted by molar-refractivity contribution is -0.0494. The van der Waals surface area contributed by atoms with Crippen LogP contribution in [-0.4, -0.2) is 24.3 Å². The molecule has 0 bridgehead atoms. The van der Waals surface area contributed by atoms with Crippen LogP contribution in [0.4, 0.5) is 0 Å². The fraction of sp³-hybridized carbons (Fsp3) is 0.478. The monoisotopic (exact) mass is 351 g/mol. The van der Waals surface area contributed by atoms with Crippen molar-refractivity contribution in [2.75, 3.05) is 13.2 Å². The normalized spacial score (nSPS) is 29.8. The van der Waals surface area contributed by atoms with Gasteiger partial charge in [0.15, 0.2) is 0 Å². The predicted octanol–water partition coefficient (Wildman–Crippen LogP) is 3.88. The second-order valence-corrected chi connectivity index (χ2v) is 7.96. The number of hydrogen-bond acceptors (Lipinski definition) is 3. The molecule has 0 spiro atoms. The van der Waals surface area contributed by atoms with Crippen LogP contribution in [0, 0.1) is 12.8 Å². The first-order valence-electron chi connectivity index (χ1n) is 9.80. The topological polar surface area (TPSA) is 41.5 Å². The van der Waals surface area contributed by atoms with Gasteiger partial charge in [-0.3, -0.25) is 0 Å². The van der Waals surface area contributed by atoms with E-state index in [4.69, 9.17) is 4.74 Å². The van der Waals surface area contributed by atoms with Crippen LogP contribution in [0.5, 0.6) is 0 Å². The fourth-order valence-corrected chi connectivity index (χ4v) is 4.78. The van der Waals surface area contributed by atoms with Crippen LogP contribution in [-0.2, 0) is 16.8 Å². The van der Waals surface area contributed by atoms with Gasteiger partial charge in [0.25, 0.3) is 0 Å². The highest BCUT2D eigenvalue weighted by Crippen LogP contribution is 2.41. The Morgan fingerprint density at radius 3 is 2.77 bits per heavy atom. The first kappa shape index (κ1) is 17.7. The molecule has 138 valence electrons. The van der Waals surface area contributed by atoms with Gasteiger partial charge in [0.1, 0.15) is 0 Å². The van der Waals surface area contributed by atoms with Crippen molar-refractivity contribution in [1.82, 2.24) is 5.32 Å². The molecular formula is C23H29NO2. The Morgan fingerprint density at radius 1 is 1.15 bits per heavy atom. The standard InChI is InChI=1S/C23H29NO2/c1-16-7-3-6-10-20(16)23(25)12-13-24-21(15-23)17(2)22-19-9-5-4-8-18(19)11-14-26-22/h3-10,17,21-22,24-25H,11-15H2,1-2H3. The highest BCUT2D eigenvalue weighted by Gasteiger charge is 2.41. The number of benzene rings is 2. The third-order valence-electron chi connectivity index (χ3n) is 6.29. The van der Waals surface area contributed by atoms with Crippen LogP contribution in [0.1, 0.15) is 48.1 Å². The smallest absolute Gasteiger partial charge is 0.0926 e. The van der Waals surface area contributed by atoms with Crippen molar-refractivity contribution in [3.63, 3.8) is 0 Å². The zero-order chi connectivity index (χ0) is 18.1. The van der Waals surface area contributed by atoms with Crippen molar-refractivity contribution in [3.05, 3.63) is 70.8 Å². The molecule has 1 saturated heterocycles. The van der Waals surface area contributed by atoms with Gasteiger partial charge in [-0.05, 0) is 55.0 Å². The number of aliphatic hydroxyl groups is 1. The summed E-state index contributed by atoms with van der Waals surface area (Å²) < 4.78 is 6.20. The van der Waals surface area contributed by atoms with Crippen molar-refractivity contribution in [1.29, 1.82) is 0 Å². The van der Waals surface area contributed by atoms with E-state index in [1.54, 1.807) is 0 Å². The summed E-state index contributed by atoms with van der Waals surface area (Å²) in [5.41, 5.74) is 4.20. The van der Waals surface area contributed by atoms with Gasteiger partial charge < -0.3 is 15.2 Å². The number of aryl methyl sites for hydroxylation is 1. The Morgan fingerprint density at radius 2 is 1.92 bits per heavy atom. The van der Waals surface area contributed by atoms with Crippen molar-refractivity contribution in [2.24, 2.45) is 5.92 Å². The molecule has 2 aromatic rings. The lowest BCUT2D eigenvalue weighted by Gasteiger charge is -2.43. The molecule has 2 heterocycles. The van der Waals surface area contributed by atoms with Crippen molar-refractivity contribution in [3.8, 4) is 0 Å². The van der Waals surface area contributed by atoms with Crippen molar-refractivity contribution >= 4 is 0 Å². The number of fused-ring (bicyclic) bond motifs is 1. The van der Waals surface area contributed by atoms with Gasteiger partial charge in [-0.2, -0.15) is 0 Å². The SMILES string of the molecule is Cc1ccccc1C1(O)CCNC(C(C)C2OCCc3ccccc32)C1. The van der Waals surface area contributed by atoms with E-state index in [9.17, 15) is 5.11 Å². The zero-order valence-electron chi connectivity index (χ0n) is 15.7. The first-order valence-corrected chi connectivity index (χ1v) is 9.80. The molecule has 4 unspecified atom stereocenters. The van der Waals surface area contributed by atoms with Crippen LogP contribution in [0.15, 0.2) is 48.5 Å². The summed E-state index contributed by atoms with van der Waals surface area (Å²) in [5.74, 6) is 0.298. The van der Waals surface area contributed by atoms with Gasteiger partial charge >= 0.3 is 0 Å². The Bertz CT molecular complexity index is 774. The highest BCUT2D eigenvalue weighted by molar-refractivity contribution is 5.33. The van der Waals surface area contributed by atoms with Crippen LogP contribution in [0.3, 0.4) is 0 Å². The minimum atomic E-state index is -0.760. The summed E-state index contributed by atoms with van der Waals surface area (Å²) in [5, 5.41) is 15.1. The average molecular weight is 351 g/mol. The average Bonchev–Trinajstić information content (AvgIpc) is 2.67. The Balaban J connectivity index is 1.58. The predicted molar refractivity (Wildman–Crippen MR) is 104 cm³/mol. The van der Waals surface area contributed by atoms with E-state index in [2.05, 4.69) is 55.6 Å². The Kier molecular flexibility index (Phi) is 4.87. The van der Waals surface area contributed by atoms with Gasteiger partial charge in [-0.15, -0.1) is 0 Å². The minimum Gasteiger partial charge on any atom is -0.385 e. The van der Waals surface area contributed by atoms with E-state index in [1.807, 2.05) is 12.1 Å². The molecule has 2 aliphatic rings. The molecule has 4 atom stereocenters. The van der Waals surface area contributed by atoms with Gasteiger partial charge in [-0.1, -0.05) is 55.5 Å². The molecule has 2 N–H and O–H groups in total. The van der Waals surface area contributed by atoms with E-state index in [0.717, 1.165) is 38.0 Å². The molecule has 2 aliphatic heterocycles. The molecule has 3 heteroatoms. The minimum absolute atomic E-state index is 0.0941. The highest BCUT2D eigenvalue weighted by atomic mass is 16.5. The van der Waals surface area contributed by atoms with Crippen LogP contribution < -0.4 is 5.32 Å². The maximum Gasteiger partial charge on any atom is 0.0926 e. The van der Waals surface area contributed by atoms with Crippen LogP contribution in [0.25, 0.3) is 0 Å². The molecule has 0 saturated carbocycles. The molecule has 0 amide bonds. The molecule has 26 heavy (non-hydrogen) atoms. The van der Waals surface area contributed by atoms with Crippen molar-refractivity contribution in [2.45, 2.75) is 50.9 Å². The van der Waals surface area contributed by atoms with Crippen LogP contribution in [0.2, 0.25) is 0 Å². The summed E-state index contributed by atoms with van der Waals surface area (Å²) in [6.45, 7) is 5.96. The van der Waals surface area contributed by atoms with Gasteiger partial charge in [0.05, 0.1) is 18.3 Å². The second-order valence-electron chi connectivity index (χ2n) is 7.96. The van der Waals surface area contributed by atoms with Gasteiger partial charge in [0.2, 0.25) is 0 Å². The molecule has 0 radical (unpaired) electrons. The molecule has 2 aromatic carbocycles. The van der Waals surface area contributed by atoms with E-state index < -0.39 is 5.60 Å². The fourth-order valence-electron chi connectivity index (χ4n) is 4.78. The molecular weight excluding hydrogens is 322 g/mol. The van der Waals surface area contributed by atoms with E-state index in [1.165, 1.54) is 16.7 Å². The number of piperidine rings is 1. The van der Waals surface area contributed by atoms with Gasteiger partial charge in [0, 0.05) is 12.0 Å². The first-order chi connectivity index (χ1) is 12.6. The number of hydrogen-bond donors (Lipinski definition) is 2. The summed E-state index contributed by atoms with van der Waals surface area (Å²) in [7, 11) is 0. The molecule has 3 nitrogen and oxygen atoms in total. The van der Waals surface area contributed by atoms with E-state index in [0.29, 0.717) is 5.92 Å².